The van der Waals surface area contributed by atoms with Crippen LogP contribution in [0.2, 0.25) is 0 Å². The van der Waals surface area contributed by atoms with Crippen LogP contribution >= 0.6 is 0 Å². The first kappa shape index (κ1) is 13.4. The first-order valence-corrected chi connectivity index (χ1v) is 7.96. The van der Waals surface area contributed by atoms with Crippen LogP contribution in [0.1, 0.15) is 32.6 Å². The van der Waals surface area contributed by atoms with Crippen LogP contribution < -0.4 is 10.6 Å². The number of hydrogen-bond donors (Lipinski definition) is 2. The molecule has 0 aromatic rings. The molecule has 0 aromatic carbocycles. The highest BCUT2D eigenvalue weighted by Crippen LogP contribution is 2.47. The Bertz CT molecular complexity index is 327. The van der Waals surface area contributed by atoms with Gasteiger partial charge in [0.25, 0.3) is 0 Å². The molecule has 4 heteroatoms. The Kier molecular flexibility index (Phi) is 4.08. The normalized spacial score (nSPS) is 36.4. The van der Waals surface area contributed by atoms with E-state index in [1.165, 1.54) is 25.7 Å². The summed E-state index contributed by atoms with van der Waals surface area (Å²) in [5.74, 6) is 2.86. The Morgan fingerprint density at radius 3 is 2.74 bits per heavy atom. The average molecular weight is 265 g/mol. The summed E-state index contributed by atoms with van der Waals surface area (Å²) >= 11 is 0. The van der Waals surface area contributed by atoms with Crippen LogP contribution in [0.25, 0.3) is 0 Å². The molecule has 0 spiro atoms. The molecule has 3 aliphatic rings. The van der Waals surface area contributed by atoms with Crippen LogP contribution in [0.3, 0.4) is 0 Å². The van der Waals surface area contributed by atoms with E-state index in [0.717, 1.165) is 50.5 Å². The molecule has 1 heterocycles. The largest absolute Gasteiger partial charge is 0.354 e. The minimum Gasteiger partial charge on any atom is -0.354 e. The summed E-state index contributed by atoms with van der Waals surface area (Å²) in [4.78, 5) is 14.5. The zero-order valence-electron chi connectivity index (χ0n) is 12.0. The van der Waals surface area contributed by atoms with E-state index in [1.54, 1.807) is 0 Å². The lowest BCUT2D eigenvalue weighted by Gasteiger charge is -2.32. The molecular formula is C15H27N3O. The van der Waals surface area contributed by atoms with Crippen molar-refractivity contribution in [3.8, 4) is 0 Å². The van der Waals surface area contributed by atoms with Gasteiger partial charge >= 0.3 is 0 Å². The number of nitrogens with zero attached hydrogens (tertiary/aromatic N) is 1. The number of hydrogen-bond acceptors (Lipinski definition) is 3. The minimum atomic E-state index is 0.0284. The molecule has 1 aliphatic heterocycles. The molecular weight excluding hydrogens is 238 g/mol. The standard InChI is InChI=1S/C15H27N3O/c1-11(18-6-4-16-5-7-18)15(19)17-10-14-9-12-2-3-13(14)8-12/h11-14,16H,2-10H2,1H3,(H,17,19). The van der Waals surface area contributed by atoms with E-state index in [-0.39, 0.29) is 11.9 Å². The Balaban J connectivity index is 1.43. The lowest BCUT2D eigenvalue weighted by Crippen LogP contribution is -2.53. The van der Waals surface area contributed by atoms with Gasteiger partial charge in [0, 0.05) is 32.7 Å². The first-order valence-electron chi connectivity index (χ1n) is 7.96. The van der Waals surface area contributed by atoms with E-state index in [1.807, 2.05) is 6.92 Å². The Morgan fingerprint density at radius 2 is 2.11 bits per heavy atom. The molecule has 2 saturated carbocycles. The summed E-state index contributed by atoms with van der Waals surface area (Å²) in [6, 6.07) is 0.0284. The van der Waals surface area contributed by atoms with Gasteiger partial charge in [-0.25, -0.2) is 0 Å². The van der Waals surface area contributed by atoms with Gasteiger partial charge in [-0.05, 0) is 43.9 Å². The van der Waals surface area contributed by atoms with Crippen LogP contribution in [0.4, 0.5) is 0 Å². The van der Waals surface area contributed by atoms with Gasteiger partial charge in [-0.3, -0.25) is 9.69 Å². The van der Waals surface area contributed by atoms with E-state index >= 15 is 0 Å². The monoisotopic (exact) mass is 265 g/mol. The van der Waals surface area contributed by atoms with Gasteiger partial charge in [0.2, 0.25) is 5.91 Å². The summed E-state index contributed by atoms with van der Waals surface area (Å²) in [6.45, 7) is 6.94. The molecule has 0 aromatic heterocycles. The predicted molar refractivity (Wildman–Crippen MR) is 75.9 cm³/mol. The van der Waals surface area contributed by atoms with Gasteiger partial charge in [0.05, 0.1) is 6.04 Å². The number of piperazine rings is 1. The number of carbonyl (C=O) groups excluding carboxylic acids is 1. The third-order valence-electron chi connectivity index (χ3n) is 5.50. The van der Waals surface area contributed by atoms with Crippen molar-refractivity contribution in [3.63, 3.8) is 0 Å². The molecule has 4 nitrogen and oxygen atoms in total. The number of rotatable bonds is 4. The zero-order valence-corrected chi connectivity index (χ0v) is 12.0. The molecule has 19 heavy (non-hydrogen) atoms. The van der Waals surface area contributed by atoms with Crippen molar-refractivity contribution in [1.82, 2.24) is 15.5 Å². The number of fused-ring (bicyclic) bond motifs is 2. The summed E-state index contributed by atoms with van der Waals surface area (Å²) in [7, 11) is 0. The van der Waals surface area contributed by atoms with E-state index in [4.69, 9.17) is 0 Å². The van der Waals surface area contributed by atoms with Crippen LogP contribution in [0.15, 0.2) is 0 Å². The first-order chi connectivity index (χ1) is 9.24. The van der Waals surface area contributed by atoms with Crippen LogP contribution in [0, 0.1) is 17.8 Å². The smallest absolute Gasteiger partial charge is 0.237 e. The maximum atomic E-state index is 12.2. The summed E-state index contributed by atoms with van der Waals surface area (Å²) in [5.41, 5.74) is 0. The van der Waals surface area contributed by atoms with E-state index in [0.29, 0.717) is 0 Å². The van der Waals surface area contributed by atoms with Gasteiger partial charge in [0.15, 0.2) is 0 Å². The Hall–Kier alpha value is -0.610. The number of amides is 1. The summed E-state index contributed by atoms with van der Waals surface area (Å²) < 4.78 is 0. The quantitative estimate of drug-likeness (QED) is 0.791. The third-order valence-corrected chi connectivity index (χ3v) is 5.50. The van der Waals surface area contributed by atoms with Crippen molar-refractivity contribution in [2.75, 3.05) is 32.7 Å². The van der Waals surface area contributed by atoms with E-state index < -0.39 is 0 Å². The van der Waals surface area contributed by atoms with Crippen LogP contribution in [-0.4, -0.2) is 49.6 Å². The molecule has 3 fully saturated rings. The second-order valence-corrected chi connectivity index (χ2v) is 6.64. The van der Waals surface area contributed by atoms with Gasteiger partial charge in [0.1, 0.15) is 0 Å². The van der Waals surface area contributed by atoms with Crippen molar-refractivity contribution < 1.29 is 4.79 Å². The molecule has 2 aliphatic carbocycles. The molecule has 0 radical (unpaired) electrons. The second-order valence-electron chi connectivity index (χ2n) is 6.64. The van der Waals surface area contributed by atoms with Crippen molar-refractivity contribution in [2.45, 2.75) is 38.6 Å². The number of nitrogens with one attached hydrogen (secondary N) is 2. The van der Waals surface area contributed by atoms with Crippen molar-refractivity contribution in [2.24, 2.45) is 17.8 Å². The highest BCUT2D eigenvalue weighted by Gasteiger charge is 2.39. The maximum absolute atomic E-state index is 12.2. The van der Waals surface area contributed by atoms with Gasteiger partial charge in [-0.15, -0.1) is 0 Å². The Labute approximate surface area is 116 Å². The summed E-state index contributed by atoms with van der Waals surface area (Å²) in [6.07, 6.45) is 5.62. The molecule has 4 unspecified atom stereocenters. The lowest BCUT2D eigenvalue weighted by molar-refractivity contribution is -0.126. The predicted octanol–water partition coefficient (Wildman–Crippen LogP) is 0.833. The maximum Gasteiger partial charge on any atom is 0.237 e. The number of carbonyl (C=O) groups is 1. The average Bonchev–Trinajstić information content (AvgIpc) is 3.07. The zero-order chi connectivity index (χ0) is 13.2. The topological polar surface area (TPSA) is 44.4 Å². The Morgan fingerprint density at radius 1 is 1.32 bits per heavy atom. The highest BCUT2D eigenvalue weighted by molar-refractivity contribution is 5.81. The fourth-order valence-electron chi connectivity index (χ4n) is 4.24. The van der Waals surface area contributed by atoms with Crippen molar-refractivity contribution in [1.29, 1.82) is 0 Å². The fraction of sp³-hybridized carbons (Fsp3) is 0.933. The van der Waals surface area contributed by atoms with Gasteiger partial charge < -0.3 is 10.6 Å². The SMILES string of the molecule is CC(C(=O)NCC1CC2CCC1C2)N1CCNCC1. The molecule has 1 saturated heterocycles. The molecule has 2 bridgehead atoms. The van der Waals surface area contributed by atoms with Crippen molar-refractivity contribution in [3.05, 3.63) is 0 Å². The van der Waals surface area contributed by atoms with Crippen LogP contribution in [0.5, 0.6) is 0 Å². The minimum absolute atomic E-state index is 0.0284. The van der Waals surface area contributed by atoms with Crippen LogP contribution in [-0.2, 0) is 4.79 Å². The summed E-state index contributed by atoms with van der Waals surface area (Å²) in [5, 5.41) is 6.54. The van der Waals surface area contributed by atoms with Gasteiger partial charge in [-0.2, -0.15) is 0 Å². The lowest BCUT2D eigenvalue weighted by atomic mass is 9.89. The highest BCUT2D eigenvalue weighted by atomic mass is 16.2. The third kappa shape index (κ3) is 2.95. The van der Waals surface area contributed by atoms with Crippen molar-refractivity contribution >= 4 is 5.91 Å². The van der Waals surface area contributed by atoms with E-state index in [9.17, 15) is 4.79 Å². The second kappa shape index (κ2) is 5.80. The molecule has 4 atom stereocenters. The molecule has 1 amide bonds. The molecule has 2 N–H and O–H groups in total. The molecule has 3 rings (SSSR count). The molecule has 108 valence electrons. The van der Waals surface area contributed by atoms with E-state index in [2.05, 4.69) is 15.5 Å². The fourth-order valence-corrected chi connectivity index (χ4v) is 4.24. The van der Waals surface area contributed by atoms with Gasteiger partial charge in [-0.1, -0.05) is 6.42 Å².